The molecule has 1 aliphatic heterocycles. The van der Waals surface area contributed by atoms with Crippen LogP contribution in [0.2, 0.25) is 5.02 Å². The number of benzene rings is 2. The van der Waals surface area contributed by atoms with Crippen molar-refractivity contribution in [2.45, 2.75) is 13.0 Å². The predicted molar refractivity (Wildman–Crippen MR) is 105 cm³/mol. The van der Waals surface area contributed by atoms with E-state index in [2.05, 4.69) is 22.3 Å². The molecule has 0 aliphatic carbocycles. The summed E-state index contributed by atoms with van der Waals surface area (Å²) in [4.78, 5) is 16.2. The summed E-state index contributed by atoms with van der Waals surface area (Å²) in [6.45, 7) is 5.65. The summed E-state index contributed by atoms with van der Waals surface area (Å²) in [5.74, 6) is 0.892. The van der Waals surface area contributed by atoms with Crippen LogP contribution in [0.25, 0.3) is 0 Å². The molecule has 6 heteroatoms. The van der Waals surface area contributed by atoms with Crippen LogP contribution in [0.5, 0.6) is 5.75 Å². The van der Waals surface area contributed by atoms with E-state index in [1.807, 2.05) is 31.2 Å². The van der Waals surface area contributed by atoms with Gasteiger partial charge in [0.05, 0.1) is 33.3 Å². The van der Waals surface area contributed by atoms with E-state index in [1.165, 1.54) is 10.6 Å². The molecule has 1 fully saturated rings. The van der Waals surface area contributed by atoms with Crippen molar-refractivity contribution in [1.29, 1.82) is 0 Å². The van der Waals surface area contributed by atoms with Gasteiger partial charge in [0.1, 0.15) is 5.75 Å². The van der Waals surface area contributed by atoms with Crippen molar-refractivity contribution in [3.63, 3.8) is 0 Å². The number of ether oxygens (including phenoxy) is 1. The Kier molecular flexibility index (Phi) is 6.01. The van der Waals surface area contributed by atoms with E-state index in [4.69, 9.17) is 16.3 Å². The zero-order valence-corrected chi connectivity index (χ0v) is 15.9. The summed E-state index contributed by atoms with van der Waals surface area (Å²) in [7, 11) is 1.68. The number of amides is 1. The van der Waals surface area contributed by atoms with Gasteiger partial charge in [0.2, 0.25) is 0 Å². The highest BCUT2D eigenvalue weighted by molar-refractivity contribution is 6.30. The Morgan fingerprint density at radius 3 is 2.62 bits per heavy atom. The van der Waals surface area contributed by atoms with Crippen molar-refractivity contribution in [3.05, 3.63) is 53.6 Å². The summed E-state index contributed by atoms with van der Waals surface area (Å²) in [6.07, 6.45) is 0. The quantitative estimate of drug-likeness (QED) is 0.842. The van der Waals surface area contributed by atoms with Gasteiger partial charge in [-0.1, -0.05) is 23.7 Å². The van der Waals surface area contributed by atoms with Crippen molar-refractivity contribution in [3.8, 4) is 5.75 Å². The molecule has 5 nitrogen and oxygen atoms in total. The maximum atomic E-state index is 12.6. The lowest BCUT2D eigenvalue weighted by Gasteiger charge is -2.36. The first-order valence-corrected chi connectivity index (χ1v) is 9.24. The second-order valence-electron chi connectivity index (χ2n) is 6.57. The fourth-order valence-electron chi connectivity index (χ4n) is 3.29. The highest BCUT2D eigenvalue weighted by Crippen LogP contribution is 2.20. The molecule has 138 valence electrons. The zero-order chi connectivity index (χ0) is 18.5. The van der Waals surface area contributed by atoms with Crippen molar-refractivity contribution in [1.82, 2.24) is 0 Å². The van der Waals surface area contributed by atoms with Gasteiger partial charge < -0.3 is 19.9 Å². The minimum atomic E-state index is -0.110. The lowest BCUT2D eigenvalue weighted by Crippen LogP contribution is -3.19. The fourth-order valence-corrected chi connectivity index (χ4v) is 3.48. The van der Waals surface area contributed by atoms with Crippen LogP contribution in [0.1, 0.15) is 6.92 Å². The molecule has 0 unspecified atom stereocenters. The highest BCUT2D eigenvalue weighted by atomic mass is 35.5. The van der Waals surface area contributed by atoms with Gasteiger partial charge in [-0.2, -0.15) is 0 Å². The fraction of sp³-hybridized carbons (Fsp3) is 0.350. The molecule has 1 amide bonds. The number of anilines is 2. The van der Waals surface area contributed by atoms with E-state index in [1.54, 1.807) is 19.2 Å². The molecule has 2 N–H and O–H groups in total. The van der Waals surface area contributed by atoms with Crippen LogP contribution in [-0.2, 0) is 4.79 Å². The van der Waals surface area contributed by atoms with E-state index >= 15 is 0 Å². The summed E-state index contributed by atoms with van der Waals surface area (Å²) in [5.41, 5.74) is 1.91. The molecule has 0 saturated carbocycles. The number of halogens is 1. The third-order valence-electron chi connectivity index (χ3n) is 4.92. The number of hydrogen-bond donors (Lipinski definition) is 2. The van der Waals surface area contributed by atoms with Gasteiger partial charge >= 0.3 is 0 Å². The molecule has 1 atom stereocenters. The molecule has 1 saturated heterocycles. The first-order valence-electron chi connectivity index (χ1n) is 8.87. The van der Waals surface area contributed by atoms with Crippen molar-refractivity contribution in [2.75, 3.05) is 43.5 Å². The Labute approximate surface area is 159 Å². The zero-order valence-electron chi connectivity index (χ0n) is 15.2. The molecule has 0 aromatic heterocycles. The average molecular weight is 375 g/mol. The average Bonchev–Trinajstić information content (AvgIpc) is 2.67. The maximum absolute atomic E-state index is 12.6. The number of nitrogens with one attached hydrogen (secondary N) is 2. The maximum Gasteiger partial charge on any atom is 0.282 e. The Hall–Kier alpha value is -2.24. The smallest absolute Gasteiger partial charge is 0.282 e. The van der Waals surface area contributed by atoms with Crippen LogP contribution in [0.4, 0.5) is 11.4 Å². The van der Waals surface area contributed by atoms with E-state index in [0.29, 0.717) is 5.02 Å². The topological polar surface area (TPSA) is 46.0 Å². The van der Waals surface area contributed by atoms with Crippen LogP contribution in [-0.4, -0.2) is 45.2 Å². The molecular formula is C20H25ClN3O2+. The van der Waals surface area contributed by atoms with Crippen LogP contribution in [0.3, 0.4) is 0 Å². The van der Waals surface area contributed by atoms with Crippen LogP contribution >= 0.6 is 11.6 Å². The third-order valence-corrected chi connectivity index (χ3v) is 5.16. The van der Waals surface area contributed by atoms with E-state index in [9.17, 15) is 4.79 Å². The van der Waals surface area contributed by atoms with Gasteiger partial charge in [0, 0.05) is 22.5 Å². The van der Waals surface area contributed by atoms with E-state index in [-0.39, 0.29) is 11.9 Å². The lowest BCUT2D eigenvalue weighted by molar-refractivity contribution is -0.914. The Morgan fingerprint density at radius 2 is 1.92 bits per heavy atom. The largest absolute Gasteiger partial charge is 0.497 e. The van der Waals surface area contributed by atoms with Crippen LogP contribution < -0.4 is 19.9 Å². The number of hydrogen-bond acceptors (Lipinski definition) is 3. The molecule has 26 heavy (non-hydrogen) atoms. The van der Waals surface area contributed by atoms with Gasteiger partial charge in [0.25, 0.3) is 5.91 Å². The number of quaternary nitrogens is 1. The summed E-state index contributed by atoms with van der Waals surface area (Å²) >= 11 is 5.98. The number of piperazine rings is 1. The molecule has 0 bridgehead atoms. The van der Waals surface area contributed by atoms with Gasteiger partial charge in [-0.15, -0.1) is 0 Å². The second-order valence-corrected chi connectivity index (χ2v) is 7.00. The van der Waals surface area contributed by atoms with Crippen molar-refractivity contribution >= 4 is 28.9 Å². The van der Waals surface area contributed by atoms with Gasteiger partial charge in [-0.05, 0) is 37.3 Å². The third kappa shape index (κ3) is 4.48. The molecule has 0 radical (unpaired) electrons. The number of nitrogens with zero attached hydrogens (tertiary/aromatic N) is 1. The SMILES string of the molecule is COc1cccc(N2CC[NH+]([C@@H](C)C(=O)Nc3cccc(Cl)c3)CC2)c1. The molecule has 3 rings (SSSR count). The number of carbonyl (C=O) groups is 1. The van der Waals surface area contributed by atoms with E-state index < -0.39 is 0 Å². The number of methoxy groups -OCH3 is 1. The Balaban J connectivity index is 1.56. The number of carbonyl (C=O) groups excluding carboxylic acids is 1. The van der Waals surface area contributed by atoms with E-state index in [0.717, 1.165) is 37.6 Å². The van der Waals surface area contributed by atoms with Crippen LogP contribution in [0, 0.1) is 0 Å². The van der Waals surface area contributed by atoms with Crippen LogP contribution in [0.15, 0.2) is 48.5 Å². The highest BCUT2D eigenvalue weighted by Gasteiger charge is 2.29. The molecule has 0 spiro atoms. The molecule has 1 aliphatic rings. The molecule has 2 aromatic carbocycles. The standard InChI is InChI=1S/C20H24ClN3O2/c1-15(20(25)22-17-6-3-5-16(21)13-17)23-9-11-24(12-10-23)18-7-4-8-19(14-18)26-2/h3-8,13-15H,9-12H2,1-2H3,(H,22,25)/p+1/t15-/m0/s1. The minimum absolute atomic E-state index is 0.0251. The Bertz CT molecular complexity index is 760. The number of rotatable bonds is 5. The summed E-state index contributed by atoms with van der Waals surface area (Å²) < 4.78 is 5.31. The normalized spacial score (nSPS) is 16.2. The van der Waals surface area contributed by atoms with Gasteiger partial charge in [-0.3, -0.25) is 4.79 Å². The molecular weight excluding hydrogens is 350 g/mol. The van der Waals surface area contributed by atoms with Gasteiger partial charge in [0.15, 0.2) is 6.04 Å². The predicted octanol–water partition coefficient (Wildman–Crippen LogP) is 2.08. The molecule has 2 aromatic rings. The van der Waals surface area contributed by atoms with Crippen molar-refractivity contribution < 1.29 is 14.4 Å². The van der Waals surface area contributed by atoms with Crippen molar-refractivity contribution in [2.24, 2.45) is 0 Å². The lowest BCUT2D eigenvalue weighted by atomic mass is 10.2. The monoisotopic (exact) mass is 374 g/mol. The second kappa shape index (κ2) is 8.43. The van der Waals surface area contributed by atoms with Gasteiger partial charge in [-0.25, -0.2) is 0 Å². The summed E-state index contributed by atoms with van der Waals surface area (Å²) in [6, 6.07) is 15.3. The summed E-state index contributed by atoms with van der Waals surface area (Å²) in [5, 5.41) is 3.58. The first kappa shape index (κ1) is 18.5. The first-order chi connectivity index (χ1) is 12.6. The molecule has 1 heterocycles. The minimum Gasteiger partial charge on any atom is -0.497 e. The Morgan fingerprint density at radius 1 is 1.19 bits per heavy atom.